The molecule has 1 aliphatic rings. The molecule has 0 radical (unpaired) electrons. The fourth-order valence-electron chi connectivity index (χ4n) is 4.48. The number of hydrogen-bond acceptors (Lipinski definition) is 6. The number of nitrogens with two attached hydrogens (primary N) is 1. The third-order valence-corrected chi connectivity index (χ3v) is 6.43. The molecule has 0 amide bonds. The van der Waals surface area contributed by atoms with Crippen molar-refractivity contribution in [3.05, 3.63) is 69.5 Å². The van der Waals surface area contributed by atoms with E-state index < -0.39 is 5.82 Å². The number of rotatable bonds is 11. The van der Waals surface area contributed by atoms with Gasteiger partial charge in [-0.25, -0.2) is 4.39 Å². The second-order valence-corrected chi connectivity index (χ2v) is 9.00. The van der Waals surface area contributed by atoms with Crippen LogP contribution in [0.4, 0.5) is 4.39 Å². The Kier molecular flexibility index (Phi) is 7.60. The number of aryl methyl sites for hydroxylation is 1. The number of ether oxygens (including phenoxy) is 1. The Labute approximate surface area is 199 Å². The van der Waals surface area contributed by atoms with Crippen LogP contribution in [0.25, 0.3) is 10.9 Å². The lowest BCUT2D eigenvalue weighted by Crippen LogP contribution is -2.40. The van der Waals surface area contributed by atoms with Gasteiger partial charge in [-0.3, -0.25) is 14.7 Å². The van der Waals surface area contributed by atoms with E-state index in [0.717, 1.165) is 30.5 Å². The molecule has 1 saturated carbocycles. The van der Waals surface area contributed by atoms with E-state index in [9.17, 15) is 9.18 Å². The van der Waals surface area contributed by atoms with E-state index in [1.165, 1.54) is 6.07 Å². The predicted octanol–water partition coefficient (Wildman–Crippen LogP) is 3.29. The molecule has 1 atom stereocenters. The lowest BCUT2D eigenvalue weighted by atomic mass is 10.1. The quantitative estimate of drug-likeness (QED) is 0.449. The first-order valence-corrected chi connectivity index (χ1v) is 11.9. The van der Waals surface area contributed by atoms with Gasteiger partial charge in [0, 0.05) is 66.8 Å². The smallest absolute Gasteiger partial charge is 0.193 e. The Hall–Kier alpha value is -2.81. The van der Waals surface area contributed by atoms with Crippen LogP contribution in [0.1, 0.15) is 49.0 Å². The van der Waals surface area contributed by atoms with Gasteiger partial charge >= 0.3 is 0 Å². The van der Waals surface area contributed by atoms with E-state index in [2.05, 4.69) is 21.4 Å². The Morgan fingerprint density at radius 3 is 2.76 bits per heavy atom. The second-order valence-electron chi connectivity index (χ2n) is 9.00. The lowest BCUT2D eigenvalue weighted by molar-refractivity contribution is 0.176. The summed E-state index contributed by atoms with van der Waals surface area (Å²) in [6.45, 7) is 5.37. The molecule has 2 heterocycles. The Balaban J connectivity index is 1.75. The van der Waals surface area contributed by atoms with Crippen molar-refractivity contribution >= 4 is 10.9 Å². The zero-order valence-corrected chi connectivity index (χ0v) is 19.8. The second kappa shape index (κ2) is 10.6. The van der Waals surface area contributed by atoms with E-state index >= 15 is 0 Å². The van der Waals surface area contributed by atoms with Gasteiger partial charge in [-0.2, -0.15) is 0 Å². The van der Waals surface area contributed by atoms with Crippen LogP contribution < -0.4 is 15.9 Å². The van der Waals surface area contributed by atoms with Crippen molar-refractivity contribution in [2.45, 2.75) is 58.3 Å². The average Bonchev–Trinajstić information content (AvgIpc) is 3.66. The van der Waals surface area contributed by atoms with Gasteiger partial charge in [-0.1, -0.05) is 6.92 Å². The van der Waals surface area contributed by atoms with Gasteiger partial charge in [0.15, 0.2) is 17.0 Å². The summed E-state index contributed by atoms with van der Waals surface area (Å²) >= 11 is 0. The van der Waals surface area contributed by atoms with Crippen LogP contribution in [-0.4, -0.2) is 45.4 Å². The molecule has 3 aromatic rings. The summed E-state index contributed by atoms with van der Waals surface area (Å²) in [5.41, 5.74) is 9.25. The molecule has 0 saturated heterocycles. The summed E-state index contributed by atoms with van der Waals surface area (Å²) in [6.07, 6.45) is 6.60. The summed E-state index contributed by atoms with van der Waals surface area (Å²) in [4.78, 5) is 20.0. The first-order chi connectivity index (χ1) is 16.4. The average molecular weight is 469 g/mol. The van der Waals surface area contributed by atoms with E-state index in [0.29, 0.717) is 36.1 Å². The number of aromatic nitrogens is 2. The van der Waals surface area contributed by atoms with Gasteiger partial charge < -0.3 is 20.1 Å². The minimum absolute atomic E-state index is 0.00486. The molecule has 3 N–H and O–H groups in total. The van der Waals surface area contributed by atoms with Crippen molar-refractivity contribution in [3.8, 4) is 5.75 Å². The number of fused-ring (bicyclic) bond motifs is 1. The molecule has 0 bridgehead atoms. The first kappa shape index (κ1) is 24.3. The van der Waals surface area contributed by atoms with Crippen molar-refractivity contribution in [3.63, 3.8) is 0 Å². The Morgan fingerprint density at radius 2 is 2.12 bits per heavy atom. The highest BCUT2D eigenvalue weighted by molar-refractivity contribution is 5.81. The number of hydrogen-bond donors (Lipinski definition) is 2. The molecule has 4 rings (SSSR count). The third-order valence-electron chi connectivity index (χ3n) is 6.43. The molecule has 0 spiro atoms. The fourth-order valence-corrected chi connectivity index (χ4v) is 4.48. The molecule has 1 fully saturated rings. The van der Waals surface area contributed by atoms with Crippen LogP contribution in [0.3, 0.4) is 0 Å². The predicted molar refractivity (Wildman–Crippen MR) is 130 cm³/mol. The van der Waals surface area contributed by atoms with Crippen LogP contribution in [0.2, 0.25) is 0 Å². The van der Waals surface area contributed by atoms with Crippen molar-refractivity contribution in [2.24, 2.45) is 5.73 Å². The monoisotopic (exact) mass is 468 g/mol. The lowest BCUT2D eigenvalue weighted by Gasteiger charge is -2.30. The number of aliphatic hydroxyl groups excluding tert-OH is 1. The number of benzene rings is 1. The molecule has 1 aliphatic carbocycles. The van der Waals surface area contributed by atoms with Crippen LogP contribution in [0, 0.1) is 12.7 Å². The summed E-state index contributed by atoms with van der Waals surface area (Å²) in [5.74, 6) is -0.554. The number of halogens is 1. The molecule has 7 nitrogen and oxygen atoms in total. The Bertz CT molecular complexity index is 1200. The maximum Gasteiger partial charge on any atom is 0.193 e. The summed E-state index contributed by atoms with van der Waals surface area (Å²) in [6, 6.07) is 7.26. The standard InChI is InChI=1S/C26H33FN4O3/c1-3-20(13-28)30(14-18-6-7-29-17(2)10-18)15-19-16-31(21-4-5-21)24-12-25(34-9-8-32)23(27)11-22(24)26(19)33/h6-7,10-12,16,20-21,32H,3-5,8-9,13-15,28H2,1-2H3. The molecule has 1 aromatic carbocycles. The minimum atomic E-state index is -0.602. The van der Waals surface area contributed by atoms with Gasteiger partial charge in [0.1, 0.15) is 6.61 Å². The van der Waals surface area contributed by atoms with Gasteiger partial charge in [0.05, 0.1) is 12.1 Å². The molecular weight excluding hydrogens is 435 g/mol. The number of aliphatic hydroxyl groups is 1. The van der Waals surface area contributed by atoms with E-state index in [1.54, 1.807) is 12.3 Å². The third kappa shape index (κ3) is 5.29. The zero-order valence-electron chi connectivity index (χ0n) is 19.8. The highest BCUT2D eigenvalue weighted by Gasteiger charge is 2.27. The highest BCUT2D eigenvalue weighted by Crippen LogP contribution is 2.38. The van der Waals surface area contributed by atoms with Gasteiger partial charge in [-0.15, -0.1) is 0 Å². The van der Waals surface area contributed by atoms with Gasteiger partial charge in [-0.05, 0) is 49.9 Å². The molecule has 0 aliphatic heterocycles. The topological polar surface area (TPSA) is 93.6 Å². The summed E-state index contributed by atoms with van der Waals surface area (Å²) < 4.78 is 22.2. The highest BCUT2D eigenvalue weighted by atomic mass is 19.1. The van der Waals surface area contributed by atoms with Crippen molar-refractivity contribution in [2.75, 3.05) is 19.8 Å². The minimum Gasteiger partial charge on any atom is -0.488 e. The van der Waals surface area contributed by atoms with Gasteiger partial charge in [0.25, 0.3) is 0 Å². The van der Waals surface area contributed by atoms with Crippen LogP contribution in [0.15, 0.2) is 41.5 Å². The van der Waals surface area contributed by atoms with Crippen LogP contribution in [0.5, 0.6) is 5.75 Å². The summed E-state index contributed by atoms with van der Waals surface area (Å²) in [5, 5.41) is 9.38. The number of pyridine rings is 2. The molecular formula is C26H33FN4O3. The zero-order chi connectivity index (χ0) is 24.2. The van der Waals surface area contributed by atoms with Crippen molar-refractivity contribution in [1.82, 2.24) is 14.5 Å². The molecule has 8 heteroatoms. The Morgan fingerprint density at radius 1 is 1.32 bits per heavy atom. The number of nitrogens with zero attached hydrogens (tertiary/aromatic N) is 3. The largest absolute Gasteiger partial charge is 0.488 e. The fraction of sp³-hybridized carbons (Fsp3) is 0.462. The maximum atomic E-state index is 14.7. The first-order valence-electron chi connectivity index (χ1n) is 11.9. The van der Waals surface area contributed by atoms with E-state index in [4.69, 9.17) is 15.6 Å². The molecule has 2 aromatic heterocycles. The maximum absolute atomic E-state index is 14.7. The van der Waals surface area contributed by atoms with Crippen LogP contribution in [-0.2, 0) is 13.1 Å². The van der Waals surface area contributed by atoms with Gasteiger partial charge in [0.2, 0.25) is 0 Å². The molecule has 1 unspecified atom stereocenters. The normalized spacial score (nSPS) is 14.6. The van der Waals surface area contributed by atoms with Crippen LogP contribution >= 0.6 is 0 Å². The SMILES string of the molecule is CCC(CN)N(Cc1ccnc(C)c1)Cc1cn(C2CC2)c2cc(OCCO)c(F)cc2c1=O. The molecule has 34 heavy (non-hydrogen) atoms. The summed E-state index contributed by atoms with van der Waals surface area (Å²) in [7, 11) is 0. The van der Waals surface area contributed by atoms with Crippen molar-refractivity contribution < 1.29 is 14.2 Å². The molecule has 182 valence electrons. The van der Waals surface area contributed by atoms with E-state index in [1.807, 2.05) is 25.3 Å². The van der Waals surface area contributed by atoms with E-state index in [-0.39, 0.29) is 36.5 Å². The van der Waals surface area contributed by atoms with Crippen molar-refractivity contribution in [1.29, 1.82) is 0 Å².